The number of carbonyl (C=O) groups is 4. The van der Waals surface area contributed by atoms with E-state index in [9.17, 15) is 37.5 Å². The number of nitrogens with one attached hydrogen (secondary N) is 1. The molecule has 0 aromatic heterocycles. The highest BCUT2D eigenvalue weighted by molar-refractivity contribution is 6.58. The monoisotopic (exact) mass is 831 g/mol. The van der Waals surface area contributed by atoms with Crippen LogP contribution in [-0.4, -0.2) is 45.6 Å². The van der Waals surface area contributed by atoms with Gasteiger partial charge in [-0.3, -0.25) is 24.1 Å². The van der Waals surface area contributed by atoms with Crippen LogP contribution in [0.15, 0.2) is 78.4 Å². The Morgan fingerprint density at radius 1 is 0.786 bits per heavy atom. The highest BCUT2D eigenvalue weighted by atomic mass is 35.5. The van der Waals surface area contributed by atoms with Gasteiger partial charge in [-0.25, -0.2) is 26.9 Å². The molecule has 0 unspecified atom stereocenters. The maximum absolute atomic E-state index is 15.3. The molecule has 0 radical (unpaired) electrons. The van der Waals surface area contributed by atoms with Gasteiger partial charge in [0, 0.05) is 17.3 Å². The summed E-state index contributed by atoms with van der Waals surface area (Å²) in [5, 5.41) is 13.4. The number of imide groups is 2. The summed E-state index contributed by atoms with van der Waals surface area (Å²) >= 11 is 20.7. The number of halogens is 8. The van der Waals surface area contributed by atoms with Crippen molar-refractivity contribution in [1.29, 1.82) is 0 Å². The third-order valence-corrected chi connectivity index (χ3v) is 12.7. The van der Waals surface area contributed by atoms with Crippen molar-refractivity contribution < 1.29 is 51.0 Å². The van der Waals surface area contributed by atoms with Crippen LogP contribution in [0.2, 0.25) is 5.02 Å². The Kier molecular flexibility index (Phi) is 8.90. The predicted octanol–water partition coefficient (Wildman–Crippen LogP) is 8.26. The van der Waals surface area contributed by atoms with Gasteiger partial charge in [0.1, 0.15) is 5.69 Å². The number of anilines is 4. The van der Waals surface area contributed by atoms with Crippen LogP contribution in [0.1, 0.15) is 24.3 Å². The molecule has 4 aliphatic rings. The summed E-state index contributed by atoms with van der Waals surface area (Å²) in [5.41, 5.74) is -0.0506. The Labute approximate surface area is 329 Å². The van der Waals surface area contributed by atoms with Crippen LogP contribution in [0.3, 0.4) is 0 Å². The zero-order valence-corrected chi connectivity index (χ0v) is 30.8. The molecule has 0 spiro atoms. The molecule has 0 bridgehead atoms. The summed E-state index contributed by atoms with van der Waals surface area (Å²) in [4.78, 5) is 52.6. The Bertz CT molecular complexity index is 2410. The normalized spacial score (nSPS) is 26.9. The number of ether oxygens (including phenoxy) is 1. The molecular formula is C39H25Cl3F5N3O6. The van der Waals surface area contributed by atoms with E-state index in [4.69, 9.17) is 39.5 Å². The third kappa shape index (κ3) is 5.11. The summed E-state index contributed by atoms with van der Waals surface area (Å²) in [5.74, 6) is -22.7. The lowest BCUT2D eigenvalue weighted by molar-refractivity contribution is -0.125. The molecule has 9 nitrogen and oxygen atoms in total. The molecule has 4 aromatic carbocycles. The second-order valence-electron chi connectivity index (χ2n) is 13.8. The van der Waals surface area contributed by atoms with E-state index in [-0.39, 0.29) is 38.9 Å². The lowest BCUT2D eigenvalue weighted by Crippen LogP contribution is -2.60. The number of phenolic OH excluding ortho intramolecular Hbond substituents is 1. The number of carbonyl (C=O) groups excluding carboxylic acids is 4. The molecule has 2 N–H and O–H groups in total. The summed E-state index contributed by atoms with van der Waals surface area (Å²) in [6.07, 6.45) is 0.787. The number of nitrogens with zero attached hydrogens (tertiary/aromatic N) is 2. The minimum atomic E-state index is -2.78. The second kappa shape index (κ2) is 13.2. The molecule has 4 aromatic rings. The van der Waals surface area contributed by atoms with Crippen LogP contribution >= 0.6 is 34.8 Å². The van der Waals surface area contributed by atoms with Crippen LogP contribution in [0.4, 0.5) is 44.7 Å². The van der Waals surface area contributed by atoms with Crippen LogP contribution in [0.5, 0.6) is 11.5 Å². The zero-order chi connectivity index (χ0) is 40.2. The van der Waals surface area contributed by atoms with Gasteiger partial charge in [-0.05, 0) is 72.9 Å². The van der Waals surface area contributed by atoms with Gasteiger partial charge in [0.25, 0.3) is 11.8 Å². The Hall–Kier alpha value is -5.18. The van der Waals surface area contributed by atoms with Crippen LogP contribution < -0.4 is 19.9 Å². The van der Waals surface area contributed by atoms with Crippen molar-refractivity contribution in [2.24, 2.45) is 17.8 Å². The number of allylic oxidation sites excluding steroid dienone is 2. The molecule has 2 aliphatic heterocycles. The Morgan fingerprint density at radius 3 is 2.02 bits per heavy atom. The fourth-order valence-corrected chi connectivity index (χ4v) is 9.65. The Balaban J connectivity index is 1.25. The van der Waals surface area contributed by atoms with Gasteiger partial charge in [0.2, 0.25) is 17.6 Å². The van der Waals surface area contributed by atoms with Gasteiger partial charge >= 0.3 is 0 Å². The summed E-state index contributed by atoms with van der Waals surface area (Å²) < 4.78 is 79.1. The second-order valence-corrected chi connectivity index (χ2v) is 15.4. The Morgan fingerprint density at radius 2 is 1.39 bits per heavy atom. The molecule has 1 saturated carbocycles. The fraction of sp³-hybridized carbons (Fsp3) is 0.231. The zero-order valence-electron chi connectivity index (χ0n) is 28.6. The van der Waals surface area contributed by atoms with Gasteiger partial charge in [-0.1, -0.05) is 41.4 Å². The number of aromatic hydroxyl groups is 1. The molecule has 3 fully saturated rings. The maximum Gasteiger partial charge on any atom is 0.258 e. The van der Waals surface area contributed by atoms with Crippen molar-refractivity contribution in [3.05, 3.63) is 118 Å². The maximum atomic E-state index is 15.3. The molecule has 56 heavy (non-hydrogen) atoms. The van der Waals surface area contributed by atoms with Crippen molar-refractivity contribution >= 4 is 81.2 Å². The van der Waals surface area contributed by atoms with Crippen LogP contribution in [-0.2, 0) is 19.2 Å². The topological polar surface area (TPSA) is 116 Å². The van der Waals surface area contributed by atoms with E-state index in [0.29, 0.717) is 5.69 Å². The van der Waals surface area contributed by atoms with Crippen molar-refractivity contribution in [3.8, 4) is 11.5 Å². The fourth-order valence-electron chi connectivity index (χ4n) is 8.49. The van der Waals surface area contributed by atoms with E-state index >= 15 is 8.78 Å². The minimum absolute atomic E-state index is 0.0328. The number of benzene rings is 4. The van der Waals surface area contributed by atoms with Crippen molar-refractivity contribution in [2.75, 3.05) is 22.2 Å². The van der Waals surface area contributed by atoms with Gasteiger partial charge in [0.15, 0.2) is 44.5 Å². The summed E-state index contributed by atoms with van der Waals surface area (Å²) in [6, 6.07) is 18.1. The number of hydrogen-bond acceptors (Lipinski definition) is 7. The van der Waals surface area contributed by atoms with E-state index in [1.165, 1.54) is 19.2 Å². The van der Waals surface area contributed by atoms with Gasteiger partial charge in [-0.15, -0.1) is 23.2 Å². The molecule has 288 valence electrons. The molecule has 2 heterocycles. The molecule has 4 amide bonds. The first-order chi connectivity index (χ1) is 26.6. The van der Waals surface area contributed by atoms with Crippen molar-refractivity contribution in [3.63, 3.8) is 0 Å². The van der Waals surface area contributed by atoms with E-state index in [2.05, 4.69) is 5.32 Å². The number of para-hydroxylation sites is 1. The molecular weight excluding hydrogens is 808 g/mol. The van der Waals surface area contributed by atoms with Crippen LogP contribution in [0, 0.1) is 46.8 Å². The lowest BCUT2D eigenvalue weighted by Gasteiger charge is -2.50. The molecule has 6 atom stereocenters. The third-order valence-electron chi connectivity index (χ3n) is 11.0. The number of rotatable bonds is 6. The van der Waals surface area contributed by atoms with Crippen LogP contribution in [0.25, 0.3) is 0 Å². The van der Waals surface area contributed by atoms with Gasteiger partial charge < -0.3 is 15.2 Å². The predicted molar refractivity (Wildman–Crippen MR) is 195 cm³/mol. The van der Waals surface area contributed by atoms with E-state index in [0.717, 1.165) is 10.6 Å². The first-order valence-corrected chi connectivity index (χ1v) is 18.0. The number of amides is 4. The number of hydrogen-bond donors (Lipinski definition) is 2. The first-order valence-electron chi connectivity index (χ1n) is 16.9. The summed E-state index contributed by atoms with van der Waals surface area (Å²) in [7, 11) is 1.18. The highest BCUT2D eigenvalue weighted by Gasteiger charge is 2.77. The smallest absolute Gasteiger partial charge is 0.258 e. The molecule has 8 rings (SSSR count). The summed E-state index contributed by atoms with van der Waals surface area (Å²) in [6.45, 7) is 0. The number of alkyl halides is 2. The first kappa shape index (κ1) is 37.7. The van der Waals surface area contributed by atoms with E-state index in [1.54, 1.807) is 30.3 Å². The van der Waals surface area contributed by atoms with Gasteiger partial charge in [0.05, 0.1) is 29.7 Å². The SMILES string of the molecule is COc1cc([C@H]2C3=CC[C@@H]4C(=O)N(c5ccc(Nc6ccccc6)cc5)C(=O)[C@@H]4[C@@H]3C[C@@]3(Cl)C(=O)N(c4c(F)c(F)c(F)c(F)c4F)C(=O)[C@@]23Cl)cc(Cl)c1O. The standard InChI is InChI=1S/C39H25Cl3F5N3O6/c1-56-24-14-16(13-23(40)33(24)51)26-20-11-12-21-25(35(53)49(34(21)52)19-9-7-18(8-10-19)48-17-5-3-2-4-6-17)22(20)15-38(41)36(54)50(37(55)39(26,38)42)32-30(46)28(44)27(43)29(45)31(32)47/h2-11,13-14,21-22,25-26,48,51H,12,15H2,1H3/t21-,22+,25-,26-,38+,39-/m0/s1. The van der Waals surface area contributed by atoms with Crippen molar-refractivity contribution in [2.45, 2.75) is 28.5 Å². The average Bonchev–Trinajstić information content (AvgIpc) is 3.52. The molecule has 2 aliphatic carbocycles. The van der Waals surface area contributed by atoms with Crippen molar-refractivity contribution in [1.82, 2.24) is 0 Å². The molecule has 17 heteroatoms. The van der Waals surface area contributed by atoms with Gasteiger partial charge in [-0.2, -0.15) is 0 Å². The quantitative estimate of drug-likeness (QED) is 0.0502. The lowest BCUT2D eigenvalue weighted by atomic mass is 9.56. The van der Waals surface area contributed by atoms with E-state index < -0.39 is 104 Å². The number of fused-ring (bicyclic) bond motifs is 4. The van der Waals surface area contributed by atoms with E-state index in [1.807, 2.05) is 30.3 Å². The number of methoxy groups -OCH3 is 1. The minimum Gasteiger partial charge on any atom is -0.503 e. The largest absolute Gasteiger partial charge is 0.503 e. The number of phenols is 1. The highest BCUT2D eigenvalue weighted by Crippen LogP contribution is 2.66. The molecule has 2 saturated heterocycles. The average molecular weight is 833 g/mol.